The van der Waals surface area contributed by atoms with E-state index in [1.54, 1.807) is 12.1 Å². The third kappa shape index (κ3) is 4.88. The number of aromatic hydroxyl groups is 1. The van der Waals surface area contributed by atoms with Gasteiger partial charge >= 0.3 is 5.97 Å². The van der Waals surface area contributed by atoms with Crippen LogP contribution in [0.15, 0.2) is 24.3 Å². The van der Waals surface area contributed by atoms with Crippen molar-refractivity contribution in [1.29, 1.82) is 0 Å². The Balaban J connectivity index is 1.72. The zero-order valence-corrected chi connectivity index (χ0v) is 13.4. The summed E-state index contributed by atoms with van der Waals surface area (Å²) in [6, 6.07) is 5.99. The van der Waals surface area contributed by atoms with Crippen molar-refractivity contribution in [3.8, 4) is 5.75 Å². The number of rotatable bonds is 7. The lowest BCUT2D eigenvalue weighted by Gasteiger charge is -2.39. The highest BCUT2D eigenvalue weighted by Crippen LogP contribution is 2.22. The number of carbonyl (C=O) groups excluding carboxylic acids is 1. The fraction of sp³-hybridized carbons (Fsp3) is 0.562. The first-order valence-corrected chi connectivity index (χ1v) is 7.83. The van der Waals surface area contributed by atoms with E-state index in [9.17, 15) is 25.2 Å². The van der Waals surface area contributed by atoms with Crippen LogP contribution in [0.25, 0.3) is 0 Å². The average molecular weight is 358 g/mol. The number of phenolic OH excluding ortho intramolecular Hbond substituents is 1. The van der Waals surface area contributed by atoms with Gasteiger partial charge in [0.1, 0.15) is 35.7 Å². The molecule has 1 aliphatic heterocycles. The number of ether oxygens (including phenoxy) is 3. The van der Waals surface area contributed by atoms with E-state index in [4.69, 9.17) is 19.3 Å². The molecule has 0 spiro atoms. The fourth-order valence-corrected chi connectivity index (χ4v) is 2.35. The van der Waals surface area contributed by atoms with Crippen molar-refractivity contribution in [2.45, 2.75) is 37.1 Å². The minimum absolute atomic E-state index is 0.00455. The molecule has 140 valence electrons. The first-order valence-electron chi connectivity index (χ1n) is 7.83. The second-order valence-electron chi connectivity index (χ2n) is 5.57. The van der Waals surface area contributed by atoms with E-state index in [1.165, 1.54) is 12.1 Å². The lowest BCUT2D eigenvalue weighted by atomic mass is 9.99. The lowest BCUT2D eigenvalue weighted by Crippen LogP contribution is -2.59. The molecule has 1 saturated heterocycles. The van der Waals surface area contributed by atoms with E-state index in [2.05, 4.69) is 0 Å². The highest BCUT2D eigenvalue weighted by atomic mass is 16.7. The number of hydrogen-bond donors (Lipinski definition) is 5. The summed E-state index contributed by atoms with van der Waals surface area (Å²) in [6.45, 7) is -0.496. The first kappa shape index (κ1) is 19.6. The molecule has 5 atom stereocenters. The highest BCUT2D eigenvalue weighted by molar-refractivity contribution is 5.92. The van der Waals surface area contributed by atoms with Crippen LogP contribution < -0.4 is 0 Å². The summed E-state index contributed by atoms with van der Waals surface area (Å²) in [5.41, 5.74) is 0.0531. The van der Waals surface area contributed by atoms with Crippen molar-refractivity contribution in [3.05, 3.63) is 29.8 Å². The number of carbonyl (C=O) groups is 1. The summed E-state index contributed by atoms with van der Waals surface area (Å²) >= 11 is 0. The number of aliphatic hydroxyl groups excluding tert-OH is 4. The molecule has 1 fully saturated rings. The molecule has 0 aliphatic carbocycles. The Hall–Kier alpha value is -1.75. The SMILES string of the molecule is O=C(OCCCOC1O[C@H](CO)[C@@H](O)[C@H](O)[C@H]1O)c1ccccc1O. The van der Waals surface area contributed by atoms with Crippen molar-refractivity contribution in [1.82, 2.24) is 0 Å². The maximum atomic E-state index is 11.8. The summed E-state index contributed by atoms with van der Waals surface area (Å²) in [5.74, 6) is -0.851. The molecule has 25 heavy (non-hydrogen) atoms. The van der Waals surface area contributed by atoms with E-state index >= 15 is 0 Å². The number of phenols is 1. The number of para-hydroxylation sites is 1. The smallest absolute Gasteiger partial charge is 0.341 e. The summed E-state index contributed by atoms with van der Waals surface area (Å²) in [6.07, 6.45) is -6.41. The molecular weight excluding hydrogens is 336 g/mol. The Morgan fingerprint density at radius 3 is 2.48 bits per heavy atom. The predicted octanol–water partition coefficient (Wildman–Crippen LogP) is -1.24. The van der Waals surface area contributed by atoms with Gasteiger partial charge in [0.15, 0.2) is 6.29 Å². The second kappa shape index (κ2) is 9.09. The average Bonchev–Trinajstić information content (AvgIpc) is 2.61. The predicted molar refractivity (Wildman–Crippen MR) is 82.7 cm³/mol. The lowest BCUT2D eigenvalue weighted by molar-refractivity contribution is -0.301. The van der Waals surface area contributed by atoms with E-state index < -0.39 is 43.3 Å². The third-order valence-electron chi connectivity index (χ3n) is 3.78. The minimum Gasteiger partial charge on any atom is -0.507 e. The van der Waals surface area contributed by atoms with Crippen LogP contribution in [0.1, 0.15) is 16.8 Å². The summed E-state index contributed by atoms with van der Waals surface area (Å²) in [7, 11) is 0. The van der Waals surface area contributed by atoms with E-state index in [0.717, 1.165) is 0 Å². The van der Waals surface area contributed by atoms with Crippen LogP contribution in [0.3, 0.4) is 0 Å². The second-order valence-corrected chi connectivity index (χ2v) is 5.57. The van der Waals surface area contributed by atoms with Crippen molar-refractivity contribution < 1.29 is 44.5 Å². The van der Waals surface area contributed by atoms with Crippen molar-refractivity contribution in [3.63, 3.8) is 0 Å². The molecule has 1 unspecified atom stereocenters. The topological polar surface area (TPSA) is 146 Å². The van der Waals surface area contributed by atoms with Crippen LogP contribution in [-0.2, 0) is 14.2 Å². The molecule has 2 rings (SSSR count). The third-order valence-corrected chi connectivity index (χ3v) is 3.78. The van der Waals surface area contributed by atoms with Crippen LogP contribution in [-0.4, -0.2) is 82.0 Å². The summed E-state index contributed by atoms with van der Waals surface area (Å²) < 4.78 is 15.4. The molecule has 0 radical (unpaired) electrons. The van der Waals surface area contributed by atoms with Crippen LogP contribution >= 0.6 is 0 Å². The quantitative estimate of drug-likeness (QED) is 0.298. The van der Waals surface area contributed by atoms with Gasteiger partial charge in [-0.2, -0.15) is 0 Å². The maximum Gasteiger partial charge on any atom is 0.341 e. The largest absolute Gasteiger partial charge is 0.507 e. The number of benzene rings is 1. The molecule has 0 aromatic heterocycles. The van der Waals surface area contributed by atoms with Crippen molar-refractivity contribution in [2.24, 2.45) is 0 Å². The van der Waals surface area contributed by atoms with Crippen LogP contribution in [0, 0.1) is 0 Å². The maximum absolute atomic E-state index is 11.8. The first-order chi connectivity index (χ1) is 12.0. The monoisotopic (exact) mass is 358 g/mol. The standard InChI is InChI=1S/C16H22O9/c17-8-11-12(19)13(20)14(21)16(25-11)24-7-3-6-23-15(22)9-4-1-2-5-10(9)18/h1-2,4-5,11-14,16-21H,3,6-8H2/t11-,12-,13+,14-,16?/m1/s1. The van der Waals surface area contributed by atoms with Crippen LogP contribution in [0.2, 0.25) is 0 Å². The Morgan fingerprint density at radius 2 is 1.80 bits per heavy atom. The Bertz CT molecular complexity index is 562. The molecule has 0 amide bonds. The van der Waals surface area contributed by atoms with Crippen LogP contribution in [0.5, 0.6) is 5.75 Å². The fourth-order valence-electron chi connectivity index (χ4n) is 2.35. The Morgan fingerprint density at radius 1 is 1.08 bits per heavy atom. The normalized spacial score (nSPS) is 29.4. The summed E-state index contributed by atoms with van der Waals surface area (Å²) in [4.78, 5) is 11.8. The Labute approximate surface area is 144 Å². The van der Waals surface area contributed by atoms with Crippen molar-refractivity contribution in [2.75, 3.05) is 19.8 Å². The van der Waals surface area contributed by atoms with Gasteiger partial charge in [-0.3, -0.25) is 0 Å². The van der Waals surface area contributed by atoms with Gasteiger partial charge < -0.3 is 39.7 Å². The molecular formula is C16H22O9. The van der Waals surface area contributed by atoms with Gasteiger partial charge in [-0.25, -0.2) is 4.79 Å². The Kier molecular flexibility index (Phi) is 7.12. The molecule has 9 heteroatoms. The van der Waals surface area contributed by atoms with E-state index in [-0.39, 0.29) is 30.9 Å². The zero-order chi connectivity index (χ0) is 18.4. The molecule has 1 aromatic carbocycles. The minimum atomic E-state index is -1.50. The van der Waals surface area contributed by atoms with Gasteiger partial charge in [-0.05, 0) is 12.1 Å². The highest BCUT2D eigenvalue weighted by Gasteiger charge is 2.43. The van der Waals surface area contributed by atoms with E-state index in [1.807, 2.05) is 0 Å². The van der Waals surface area contributed by atoms with Crippen molar-refractivity contribution >= 4 is 5.97 Å². The molecule has 1 aromatic rings. The van der Waals surface area contributed by atoms with E-state index in [0.29, 0.717) is 0 Å². The van der Waals surface area contributed by atoms with Gasteiger partial charge in [-0.15, -0.1) is 0 Å². The molecule has 9 nitrogen and oxygen atoms in total. The molecule has 5 N–H and O–H groups in total. The van der Waals surface area contributed by atoms with Gasteiger partial charge in [0.2, 0.25) is 0 Å². The van der Waals surface area contributed by atoms with Gasteiger partial charge in [0, 0.05) is 6.42 Å². The molecule has 0 bridgehead atoms. The summed E-state index contributed by atoms with van der Waals surface area (Å²) in [5, 5.41) is 47.7. The number of aliphatic hydroxyl groups is 4. The molecule has 0 saturated carbocycles. The zero-order valence-electron chi connectivity index (χ0n) is 13.4. The van der Waals surface area contributed by atoms with Crippen LogP contribution in [0.4, 0.5) is 0 Å². The van der Waals surface area contributed by atoms with Gasteiger partial charge in [0.25, 0.3) is 0 Å². The van der Waals surface area contributed by atoms with Gasteiger partial charge in [-0.1, -0.05) is 12.1 Å². The van der Waals surface area contributed by atoms with Gasteiger partial charge in [0.05, 0.1) is 19.8 Å². The number of hydrogen-bond acceptors (Lipinski definition) is 9. The molecule has 1 aliphatic rings. The number of esters is 1. The molecule has 1 heterocycles.